The minimum Gasteiger partial charge on any atom is -0.490 e. The lowest BCUT2D eigenvalue weighted by Crippen LogP contribution is -2.13. The first kappa shape index (κ1) is 27.8. The Morgan fingerprint density at radius 1 is 1.11 bits per heavy atom. The predicted octanol–water partition coefficient (Wildman–Crippen LogP) is 6.62. The molecule has 0 unspecified atom stereocenters. The molecule has 0 atom stereocenters. The van der Waals surface area contributed by atoms with E-state index in [1.54, 1.807) is 31.2 Å². The van der Waals surface area contributed by atoms with Crippen LogP contribution in [0.15, 0.2) is 65.1 Å². The fourth-order valence-corrected chi connectivity index (χ4v) is 5.11. The molecule has 0 heterocycles. The van der Waals surface area contributed by atoms with Crippen molar-refractivity contribution in [3.8, 4) is 17.6 Å². The predicted molar refractivity (Wildman–Crippen MR) is 148 cm³/mol. The Morgan fingerprint density at radius 3 is 2.42 bits per heavy atom. The summed E-state index contributed by atoms with van der Waals surface area (Å²) in [6.07, 6.45) is 1.36. The summed E-state index contributed by atoms with van der Waals surface area (Å²) in [5.74, 6) is -0.506. The average Bonchev–Trinajstić information content (AvgIpc) is 2.82. The summed E-state index contributed by atoms with van der Waals surface area (Å²) in [6, 6.07) is 15.7. The zero-order chi connectivity index (χ0) is 26.5. The molecule has 0 aromatic heterocycles. The van der Waals surface area contributed by atoms with E-state index >= 15 is 0 Å². The minimum atomic E-state index is -4.13. The standard InChI is InChI=1S/C25H19Cl2IN2O5S/c1-3-34-23-12-16(10-17(14-29)25(31)30-18-6-9-20(26)21(27)13-18)11-22(28)24(23)35-36(32,33)19-7-4-15(2)5-8-19/h4-13H,3H2,1-2H3,(H,30,31)/b17-10-. The average molecular weight is 657 g/mol. The van der Waals surface area contributed by atoms with Crippen molar-refractivity contribution in [2.24, 2.45) is 0 Å². The molecule has 0 aliphatic rings. The van der Waals surface area contributed by atoms with Gasteiger partial charge in [-0.15, -0.1) is 0 Å². The number of amides is 1. The summed E-state index contributed by atoms with van der Waals surface area (Å²) < 4.78 is 37.1. The first-order chi connectivity index (χ1) is 17.0. The smallest absolute Gasteiger partial charge is 0.339 e. The molecule has 0 spiro atoms. The fraction of sp³-hybridized carbons (Fsp3) is 0.120. The highest BCUT2D eigenvalue weighted by Crippen LogP contribution is 2.37. The van der Waals surface area contributed by atoms with Gasteiger partial charge in [-0.05, 0) is 90.5 Å². The van der Waals surface area contributed by atoms with Crippen LogP contribution in [0, 0.1) is 21.8 Å². The normalized spacial score (nSPS) is 11.5. The van der Waals surface area contributed by atoms with Crippen molar-refractivity contribution in [3.63, 3.8) is 0 Å². The van der Waals surface area contributed by atoms with Crippen LogP contribution in [0.3, 0.4) is 0 Å². The Bertz CT molecular complexity index is 1480. The van der Waals surface area contributed by atoms with Crippen molar-refractivity contribution in [1.82, 2.24) is 0 Å². The lowest BCUT2D eigenvalue weighted by Gasteiger charge is -2.15. The van der Waals surface area contributed by atoms with Gasteiger partial charge in [0.2, 0.25) is 0 Å². The molecule has 186 valence electrons. The van der Waals surface area contributed by atoms with Crippen LogP contribution in [0.2, 0.25) is 10.0 Å². The number of nitrogens with zero attached hydrogens (tertiary/aromatic N) is 1. The minimum absolute atomic E-state index is 0.000983. The van der Waals surface area contributed by atoms with Crippen molar-refractivity contribution in [2.45, 2.75) is 18.7 Å². The van der Waals surface area contributed by atoms with E-state index in [1.807, 2.05) is 35.6 Å². The topological polar surface area (TPSA) is 105 Å². The van der Waals surface area contributed by atoms with Gasteiger partial charge in [0.1, 0.15) is 16.5 Å². The van der Waals surface area contributed by atoms with Gasteiger partial charge in [0.15, 0.2) is 11.5 Å². The van der Waals surface area contributed by atoms with Crippen LogP contribution in [0.25, 0.3) is 6.08 Å². The molecule has 11 heteroatoms. The Morgan fingerprint density at radius 2 is 1.81 bits per heavy atom. The number of halogens is 3. The van der Waals surface area contributed by atoms with E-state index < -0.39 is 16.0 Å². The summed E-state index contributed by atoms with van der Waals surface area (Å²) in [4.78, 5) is 12.7. The lowest BCUT2D eigenvalue weighted by molar-refractivity contribution is -0.112. The largest absolute Gasteiger partial charge is 0.490 e. The van der Waals surface area contributed by atoms with Crippen LogP contribution in [-0.2, 0) is 14.9 Å². The third-order valence-electron chi connectivity index (χ3n) is 4.69. The summed E-state index contributed by atoms with van der Waals surface area (Å²) in [7, 11) is -4.13. The second-order valence-corrected chi connectivity index (χ2v) is 10.9. The van der Waals surface area contributed by atoms with Crippen LogP contribution in [0.4, 0.5) is 5.69 Å². The molecule has 1 N–H and O–H groups in total. The van der Waals surface area contributed by atoms with E-state index in [1.165, 1.54) is 36.4 Å². The maximum atomic E-state index is 12.8. The molecule has 0 aliphatic carbocycles. The highest BCUT2D eigenvalue weighted by atomic mass is 127. The number of anilines is 1. The molecule has 3 rings (SSSR count). The van der Waals surface area contributed by atoms with E-state index in [0.29, 0.717) is 19.8 Å². The molecule has 0 bridgehead atoms. The highest BCUT2D eigenvalue weighted by molar-refractivity contribution is 14.1. The second-order valence-electron chi connectivity index (χ2n) is 7.37. The Hall–Kier alpha value is -2.78. The Kier molecular flexibility index (Phi) is 9.24. The molecule has 3 aromatic carbocycles. The van der Waals surface area contributed by atoms with Crippen molar-refractivity contribution < 1.29 is 22.1 Å². The van der Waals surface area contributed by atoms with E-state index in [-0.39, 0.29) is 33.6 Å². The fourth-order valence-electron chi connectivity index (χ4n) is 2.97. The molecule has 1 amide bonds. The number of hydrogen-bond donors (Lipinski definition) is 1. The molecule has 3 aromatic rings. The molecular formula is C25H19Cl2IN2O5S. The van der Waals surface area contributed by atoms with Crippen LogP contribution < -0.4 is 14.2 Å². The molecule has 36 heavy (non-hydrogen) atoms. The lowest BCUT2D eigenvalue weighted by atomic mass is 10.1. The van der Waals surface area contributed by atoms with E-state index in [2.05, 4.69) is 5.32 Å². The van der Waals surface area contributed by atoms with Crippen LogP contribution in [0.1, 0.15) is 18.1 Å². The van der Waals surface area contributed by atoms with Gasteiger partial charge >= 0.3 is 10.1 Å². The van der Waals surface area contributed by atoms with Crippen LogP contribution >= 0.6 is 45.8 Å². The molecule has 0 fully saturated rings. The number of benzene rings is 3. The molecule has 0 radical (unpaired) electrons. The first-order valence-corrected chi connectivity index (χ1v) is 13.6. The Balaban J connectivity index is 1.93. The number of nitrogens with one attached hydrogen (secondary N) is 1. The summed E-state index contributed by atoms with van der Waals surface area (Å²) in [5.41, 5.74) is 1.51. The van der Waals surface area contributed by atoms with Gasteiger partial charge in [0.05, 0.1) is 20.2 Å². The van der Waals surface area contributed by atoms with E-state index in [0.717, 1.165) is 5.56 Å². The summed E-state index contributed by atoms with van der Waals surface area (Å²) >= 11 is 13.8. The van der Waals surface area contributed by atoms with Gasteiger partial charge in [-0.3, -0.25) is 4.79 Å². The zero-order valence-electron chi connectivity index (χ0n) is 19.0. The number of nitriles is 1. The Labute approximate surface area is 232 Å². The molecule has 0 saturated carbocycles. The van der Waals surface area contributed by atoms with Crippen molar-refractivity contribution >= 4 is 73.6 Å². The van der Waals surface area contributed by atoms with Gasteiger partial charge in [0, 0.05) is 5.69 Å². The number of carbonyl (C=O) groups excluding carboxylic acids is 1. The van der Waals surface area contributed by atoms with Crippen LogP contribution in [-0.4, -0.2) is 20.9 Å². The first-order valence-electron chi connectivity index (χ1n) is 10.4. The molecule has 0 aliphatic heterocycles. The van der Waals surface area contributed by atoms with Gasteiger partial charge in [-0.1, -0.05) is 40.9 Å². The maximum absolute atomic E-state index is 12.8. The molecule has 7 nitrogen and oxygen atoms in total. The second kappa shape index (κ2) is 12.0. The number of rotatable bonds is 8. The van der Waals surface area contributed by atoms with Gasteiger partial charge in [-0.2, -0.15) is 13.7 Å². The number of ether oxygens (including phenoxy) is 1. The SMILES string of the molecule is CCOc1cc(/C=C(/C#N)C(=O)Nc2ccc(Cl)c(Cl)c2)cc(I)c1OS(=O)(=O)c1ccc(C)cc1. The molecular weight excluding hydrogens is 638 g/mol. The van der Waals surface area contributed by atoms with Crippen molar-refractivity contribution in [3.05, 3.63) is 84.9 Å². The van der Waals surface area contributed by atoms with Crippen LogP contribution in [0.5, 0.6) is 11.5 Å². The third-order valence-corrected chi connectivity index (χ3v) is 7.46. The van der Waals surface area contributed by atoms with Crippen molar-refractivity contribution in [1.29, 1.82) is 5.26 Å². The van der Waals surface area contributed by atoms with Gasteiger partial charge < -0.3 is 14.2 Å². The monoisotopic (exact) mass is 656 g/mol. The quantitative estimate of drug-likeness (QED) is 0.126. The molecule has 0 saturated heterocycles. The number of aryl methyl sites for hydroxylation is 1. The third kappa shape index (κ3) is 6.91. The zero-order valence-corrected chi connectivity index (χ0v) is 23.5. The number of hydrogen-bond acceptors (Lipinski definition) is 6. The van der Waals surface area contributed by atoms with Crippen molar-refractivity contribution in [2.75, 3.05) is 11.9 Å². The number of carbonyl (C=O) groups is 1. The maximum Gasteiger partial charge on any atom is 0.339 e. The summed E-state index contributed by atoms with van der Waals surface area (Å²) in [6.45, 7) is 3.81. The van der Waals surface area contributed by atoms with E-state index in [9.17, 15) is 18.5 Å². The summed E-state index contributed by atoms with van der Waals surface area (Å²) in [5, 5.41) is 12.7. The van der Waals surface area contributed by atoms with Gasteiger partial charge in [-0.25, -0.2) is 0 Å². The highest BCUT2D eigenvalue weighted by Gasteiger charge is 2.22. The van der Waals surface area contributed by atoms with E-state index in [4.69, 9.17) is 32.1 Å². The van der Waals surface area contributed by atoms with Gasteiger partial charge in [0.25, 0.3) is 5.91 Å².